The second-order valence-electron chi connectivity index (χ2n) is 6.51. The predicted octanol–water partition coefficient (Wildman–Crippen LogP) is 2.39. The van der Waals surface area contributed by atoms with Crippen LogP contribution in [0.4, 0.5) is 0 Å². The Morgan fingerprint density at radius 3 is 2.25 bits per heavy atom. The maximum absolute atomic E-state index is 11.2. The monoisotopic (exact) mass is 296 g/mol. The van der Waals surface area contributed by atoms with E-state index >= 15 is 0 Å². The van der Waals surface area contributed by atoms with E-state index in [1.54, 1.807) is 12.1 Å². The molecule has 0 radical (unpaired) electrons. The van der Waals surface area contributed by atoms with Gasteiger partial charge in [0.1, 0.15) is 0 Å². The molecule has 1 saturated carbocycles. The molecule has 1 fully saturated rings. The van der Waals surface area contributed by atoms with Crippen molar-refractivity contribution in [1.29, 1.82) is 0 Å². The first kappa shape index (κ1) is 15.5. The fourth-order valence-corrected chi connectivity index (χ4v) is 3.18. The molecule has 1 aliphatic carbocycles. The summed E-state index contributed by atoms with van der Waals surface area (Å²) in [6, 6.07) is 7.34. The minimum absolute atomic E-state index is 0.167. The molecule has 112 valence electrons. The van der Waals surface area contributed by atoms with Gasteiger partial charge in [0.15, 0.2) is 0 Å². The highest BCUT2D eigenvalue weighted by Gasteiger charge is 2.26. The topological polar surface area (TPSA) is 72.2 Å². The molecule has 0 aliphatic heterocycles. The van der Waals surface area contributed by atoms with Crippen molar-refractivity contribution >= 4 is 10.0 Å². The van der Waals surface area contributed by atoms with Gasteiger partial charge in [0.2, 0.25) is 10.0 Å². The third kappa shape index (κ3) is 4.30. The minimum Gasteiger partial charge on any atom is -0.310 e. The van der Waals surface area contributed by atoms with Crippen molar-refractivity contribution in [1.82, 2.24) is 5.32 Å². The third-order valence-corrected chi connectivity index (χ3v) is 5.12. The van der Waals surface area contributed by atoms with Gasteiger partial charge in [-0.2, -0.15) is 0 Å². The Hall–Kier alpha value is -0.910. The molecule has 0 unspecified atom stereocenters. The molecule has 1 aromatic rings. The van der Waals surface area contributed by atoms with Gasteiger partial charge in [-0.1, -0.05) is 26.0 Å². The van der Waals surface area contributed by atoms with Crippen LogP contribution < -0.4 is 10.5 Å². The molecule has 0 aromatic heterocycles. The van der Waals surface area contributed by atoms with Crippen LogP contribution in [0.25, 0.3) is 0 Å². The molecule has 1 aliphatic rings. The van der Waals surface area contributed by atoms with Gasteiger partial charge in [-0.3, -0.25) is 0 Å². The van der Waals surface area contributed by atoms with Crippen LogP contribution in [0, 0.1) is 5.41 Å². The van der Waals surface area contributed by atoms with E-state index in [1.807, 2.05) is 12.1 Å². The summed E-state index contributed by atoms with van der Waals surface area (Å²) in [4.78, 5) is 0.167. The molecule has 20 heavy (non-hydrogen) atoms. The van der Waals surface area contributed by atoms with Crippen molar-refractivity contribution in [3.05, 3.63) is 29.8 Å². The number of nitrogens with one attached hydrogen (secondary N) is 1. The van der Waals surface area contributed by atoms with E-state index in [0.29, 0.717) is 11.5 Å². The van der Waals surface area contributed by atoms with E-state index in [0.717, 1.165) is 12.1 Å². The standard InChI is InChI=1S/C15H24N2O2S/c1-15(2)9-7-13(8-10-15)17-11-12-3-5-14(6-4-12)20(16,18)19/h3-6,13,17H,7-11H2,1-2H3,(H2,16,18,19). The molecule has 2 rings (SSSR count). The van der Waals surface area contributed by atoms with Crippen LogP contribution in [0.1, 0.15) is 45.1 Å². The first-order valence-electron chi connectivity index (χ1n) is 7.11. The van der Waals surface area contributed by atoms with Crippen LogP contribution in [-0.2, 0) is 16.6 Å². The number of primary sulfonamides is 1. The Bertz CT molecular complexity index is 540. The van der Waals surface area contributed by atoms with Crippen molar-refractivity contribution in [2.24, 2.45) is 10.6 Å². The maximum atomic E-state index is 11.2. The fourth-order valence-electron chi connectivity index (χ4n) is 2.66. The van der Waals surface area contributed by atoms with Gasteiger partial charge in [0.05, 0.1) is 4.90 Å². The lowest BCUT2D eigenvalue weighted by molar-refractivity contribution is 0.206. The normalized spacial score (nSPS) is 19.9. The van der Waals surface area contributed by atoms with E-state index in [2.05, 4.69) is 19.2 Å². The van der Waals surface area contributed by atoms with Gasteiger partial charge in [-0.05, 0) is 48.8 Å². The lowest BCUT2D eigenvalue weighted by Gasteiger charge is -2.34. The van der Waals surface area contributed by atoms with Gasteiger partial charge in [-0.25, -0.2) is 13.6 Å². The maximum Gasteiger partial charge on any atom is 0.238 e. The molecule has 0 heterocycles. The zero-order valence-electron chi connectivity index (χ0n) is 12.2. The summed E-state index contributed by atoms with van der Waals surface area (Å²) in [5.41, 5.74) is 1.57. The molecular formula is C15H24N2O2S. The van der Waals surface area contributed by atoms with Crippen LogP contribution in [0.2, 0.25) is 0 Å². The van der Waals surface area contributed by atoms with Crippen molar-refractivity contribution in [3.63, 3.8) is 0 Å². The molecule has 5 heteroatoms. The molecule has 0 bridgehead atoms. The first-order chi connectivity index (χ1) is 9.26. The average molecular weight is 296 g/mol. The second-order valence-corrected chi connectivity index (χ2v) is 8.07. The van der Waals surface area contributed by atoms with Gasteiger partial charge in [-0.15, -0.1) is 0 Å². The SMILES string of the molecule is CC1(C)CCC(NCc2ccc(S(N)(=O)=O)cc2)CC1. The molecule has 3 N–H and O–H groups in total. The molecule has 1 aromatic carbocycles. The summed E-state index contributed by atoms with van der Waals surface area (Å²) in [6.07, 6.45) is 4.94. The number of hydrogen-bond acceptors (Lipinski definition) is 3. The number of benzene rings is 1. The quantitative estimate of drug-likeness (QED) is 0.896. The average Bonchev–Trinajstić information content (AvgIpc) is 2.37. The van der Waals surface area contributed by atoms with Crippen LogP contribution >= 0.6 is 0 Å². The molecule has 0 spiro atoms. The number of nitrogens with two attached hydrogens (primary N) is 1. The zero-order chi connectivity index (χ0) is 14.8. The molecule has 0 atom stereocenters. The molecule has 4 nitrogen and oxygen atoms in total. The van der Waals surface area contributed by atoms with Gasteiger partial charge in [0, 0.05) is 12.6 Å². The highest BCUT2D eigenvalue weighted by Crippen LogP contribution is 2.35. The van der Waals surface area contributed by atoms with E-state index in [-0.39, 0.29) is 4.90 Å². The highest BCUT2D eigenvalue weighted by atomic mass is 32.2. The van der Waals surface area contributed by atoms with Crippen molar-refractivity contribution in [2.45, 2.75) is 57.0 Å². The largest absolute Gasteiger partial charge is 0.310 e. The van der Waals surface area contributed by atoms with E-state index in [9.17, 15) is 8.42 Å². The Labute approximate surface area is 121 Å². The summed E-state index contributed by atoms with van der Waals surface area (Å²) in [5, 5.41) is 8.63. The van der Waals surface area contributed by atoms with Crippen molar-refractivity contribution < 1.29 is 8.42 Å². The Morgan fingerprint density at radius 1 is 1.20 bits per heavy atom. The zero-order valence-corrected chi connectivity index (χ0v) is 13.0. The lowest BCUT2D eigenvalue weighted by Crippen LogP contribution is -2.35. The van der Waals surface area contributed by atoms with E-state index < -0.39 is 10.0 Å². The predicted molar refractivity (Wildman–Crippen MR) is 80.7 cm³/mol. The van der Waals surface area contributed by atoms with Gasteiger partial charge >= 0.3 is 0 Å². The summed E-state index contributed by atoms with van der Waals surface area (Å²) < 4.78 is 22.3. The summed E-state index contributed by atoms with van der Waals surface area (Å²) >= 11 is 0. The number of sulfonamides is 1. The fraction of sp³-hybridized carbons (Fsp3) is 0.600. The third-order valence-electron chi connectivity index (χ3n) is 4.19. The Balaban J connectivity index is 1.86. The summed E-state index contributed by atoms with van der Waals surface area (Å²) in [6.45, 7) is 5.43. The molecule has 0 saturated heterocycles. The van der Waals surface area contributed by atoms with Crippen LogP contribution in [0.15, 0.2) is 29.2 Å². The number of hydrogen-bond donors (Lipinski definition) is 2. The first-order valence-corrected chi connectivity index (χ1v) is 8.66. The summed E-state index contributed by atoms with van der Waals surface area (Å²) in [5.74, 6) is 0. The lowest BCUT2D eigenvalue weighted by atomic mass is 9.75. The highest BCUT2D eigenvalue weighted by molar-refractivity contribution is 7.89. The van der Waals surface area contributed by atoms with Crippen LogP contribution in [0.3, 0.4) is 0 Å². The summed E-state index contributed by atoms with van der Waals surface area (Å²) in [7, 11) is -3.59. The minimum atomic E-state index is -3.59. The second kappa shape index (κ2) is 5.84. The number of rotatable bonds is 4. The smallest absolute Gasteiger partial charge is 0.238 e. The van der Waals surface area contributed by atoms with Gasteiger partial charge in [0.25, 0.3) is 0 Å². The van der Waals surface area contributed by atoms with E-state index in [4.69, 9.17) is 5.14 Å². The van der Waals surface area contributed by atoms with Crippen molar-refractivity contribution in [3.8, 4) is 0 Å². The van der Waals surface area contributed by atoms with Crippen LogP contribution in [0.5, 0.6) is 0 Å². The van der Waals surface area contributed by atoms with Crippen LogP contribution in [-0.4, -0.2) is 14.5 Å². The molecule has 0 amide bonds. The van der Waals surface area contributed by atoms with E-state index in [1.165, 1.54) is 25.7 Å². The Morgan fingerprint density at radius 2 is 1.75 bits per heavy atom. The van der Waals surface area contributed by atoms with Crippen molar-refractivity contribution in [2.75, 3.05) is 0 Å². The molecular weight excluding hydrogens is 272 g/mol. The van der Waals surface area contributed by atoms with Gasteiger partial charge < -0.3 is 5.32 Å². The Kier molecular flexibility index (Phi) is 4.52.